The van der Waals surface area contributed by atoms with Gasteiger partial charge in [-0.05, 0) is 37.5 Å². The van der Waals surface area contributed by atoms with E-state index in [4.69, 9.17) is 4.74 Å². The van der Waals surface area contributed by atoms with Gasteiger partial charge in [0, 0.05) is 37.5 Å². The highest BCUT2D eigenvalue weighted by Gasteiger charge is 2.22. The number of hydrogen-bond donors (Lipinski definition) is 0. The highest BCUT2D eigenvalue weighted by molar-refractivity contribution is 5.42. The SMILES string of the molecule is CCOc1cc(N2CCC[C@@H](c3ccncc3)C2)ncn1. The van der Waals surface area contributed by atoms with Crippen LogP contribution < -0.4 is 9.64 Å². The summed E-state index contributed by atoms with van der Waals surface area (Å²) in [4.78, 5) is 14.9. The molecule has 2 aromatic rings. The van der Waals surface area contributed by atoms with Crippen molar-refractivity contribution in [2.45, 2.75) is 25.7 Å². The molecule has 0 amide bonds. The quantitative estimate of drug-likeness (QED) is 0.864. The van der Waals surface area contributed by atoms with Crippen LogP contribution in [0.15, 0.2) is 36.9 Å². The van der Waals surface area contributed by atoms with E-state index in [2.05, 4.69) is 32.0 Å². The van der Waals surface area contributed by atoms with Crippen molar-refractivity contribution in [2.24, 2.45) is 0 Å². The Morgan fingerprint density at radius 1 is 1.29 bits per heavy atom. The van der Waals surface area contributed by atoms with Crippen molar-refractivity contribution < 1.29 is 4.74 Å². The van der Waals surface area contributed by atoms with Gasteiger partial charge in [0.05, 0.1) is 6.61 Å². The van der Waals surface area contributed by atoms with Gasteiger partial charge in [0.1, 0.15) is 12.1 Å². The van der Waals surface area contributed by atoms with Crippen molar-refractivity contribution in [3.05, 3.63) is 42.5 Å². The van der Waals surface area contributed by atoms with Crippen molar-refractivity contribution in [1.82, 2.24) is 15.0 Å². The van der Waals surface area contributed by atoms with Crippen LogP contribution in [0.3, 0.4) is 0 Å². The lowest BCUT2D eigenvalue weighted by Crippen LogP contribution is -2.35. The molecule has 110 valence electrons. The Labute approximate surface area is 125 Å². The number of pyridine rings is 1. The van der Waals surface area contributed by atoms with E-state index < -0.39 is 0 Å². The fourth-order valence-electron chi connectivity index (χ4n) is 2.82. The third kappa shape index (κ3) is 3.29. The first-order chi connectivity index (χ1) is 10.4. The normalized spacial score (nSPS) is 18.5. The topological polar surface area (TPSA) is 51.1 Å². The van der Waals surface area contributed by atoms with Crippen molar-refractivity contribution in [1.29, 1.82) is 0 Å². The van der Waals surface area contributed by atoms with Gasteiger partial charge in [-0.1, -0.05) is 0 Å². The zero-order valence-electron chi connectivity index (χ0n) is 12.3. The fourth-order valence-corrected chi connectivity index (χ4v) is 2.82. The van der Waals surface area contributed by atoms with Crippen LogP contribution in [0.2, 0.25) is 0 Å². The lowest BCUT2D eigenvalue weighted by molar-refractivity contribution is 0.326. The van der Waals surface area contributed by atoms with Crippen LogP contribution in [0.5, 0.6) is 5.88 Å². The standard InChI is InChI=1S/C16H20N4O/c1-2-21-16-10-15(18-12-19-16)20-9-3-4-14(11-20)13-5-7-17-8-6-13/h5-8,10,12,14H,2-4,9,11H2,1H3/t14-/m1/s1. The van der Waals surface area contributed by atoms with Gasteiger partial charge in [-0.2, -0.15) is 0 Å². The van der Waals surface area contributed by atoms with Gasteiger partial charge in [0.2, 0.25) is 5.88 Å². The summed E-state index contributed by atoms with van der Waals surface area (Å²) in [6.45, 7) is 4.59. The second kappa shape index (κ2) is 6.52. The number of anilines is 1. The Morgan fingerprint density at radius 3 is 2.95 bits per heavy atom. The first-order valence-corrected chi connectivity index (χ1v) is 7.46. The molecule has 0 aromatic carbocycles. The summed E-state index contributed by atoms with van der Waals surface area (Å²) in [6, 6.07) is 6.15. The summed E-state index contributed by atoms with van der Waals surface area (Å²) in [5, 5.41) is 0. The fraction of sp³-hybridized carbons (Fsp3) is 0.438. The number of ether oxygens (including phenoxy) is 1. The number of nitrogens with zero attached hydrogens (tertiary/aromatic N) is 4. The molecule has 0 spiro atoms. The Balaban J connectivity index is 1.75. The average Bonchev–Trinajstić information content (AvgIpc) is 2.56. The van der Waals surface area contributed by atoms with E-state index in [9.17, 15) is 0 Å². The van der Waals surface area contributed by atoms with Crippen molar-refractivity contribution in [3.63, 3.8) is 0 Å². The van der Waals surface area contributed by atoms with Crippen LogP contribution in [0.1, 0.15) is 31.2 Å². The highest BCUT2D eigenvalue weighted by atomic mass is 16.5. The van der Waals surface area contributed by atoms with Crippen LogP contribution >= 0.6 is 0 Å². The van der Waals surface area contributed by atoms with E-state index in [1.165, 1.54) is 18.4 Å². The molecule has 1 aliphatic heterocycles. The molecule has 1 atom stereocenters. The first kappa shape index (κ1) is 13.8. The van der Waals surface area contributed by atoms with E-state index in [0.717, 1.165) is 18.9 Å². The zero-order valence-corrected chi connectivity index (χ0v) is 12.3. The summed E-state index contributed by atoms with van der Waals surface area (Å²) >= 11 is 0. The minimum atomic E-state index is 0.534. The van der Waals surface area contributed by atoms with E-state index in [0.29, 0.717) is 18.4 Å². The zero-order chi connectivity index (χ0) is 14.5. The molecule has 0 unspecified atom stereocenters. The second-order valence-electron chi connectivity index (χ2n) is 5.21. The summed E-state index contributed by atoms with van der Waals surface area (Å²) in [6.07, 6.45) is 7.69. The predicted molar refractivity (Wildman–Crippen MR) is 81.6 cm³/mol. The summed E-state index contributed by atoms with van der Waals surface area (Å²) in [5.74, 6) is 2.13. The minimum absolute atomic E-state index is 0.534. The Morgan fingerprint density at radius 2 is 2.14 bits per heavy atom. The molecule has 5 heteroatoms. The van der Waals surface area contributed by atoms with E-state index in [-0.39, 0.29) is 0 Å². The molecule has 2 aromatic heterocycles. The molecular formula is C16H20N4O. The number of rotatable bonds is 4. The molecule has 0 bridgehead atoms. The molecule has 1 fully saturated rings. The molecular weight excluding hydrogens is 264 g/mol. The van der Waals surface area contributed by atoms with E-state index >= 15 is 0 Å². The van der Waals surface area contributed by atoms with Gasteiger partial charge in [-0.3, -0.25) is 4.98 Å². The maximum Gasteiger partial charge on any atom is 0.218 e. The van der Waals surface area contributed by atoms with Crippen LogP contribution in [0, 0.1) is 0 Å². The number of aromatic nitrogens is 3. The predicted octanol–water partition coefficient (Wildman–Crippen LogP) is 2.65. The molecule has 0 saturated carbocycles. The molecule has 0 radical (unpaired) electrons. The molecule has 0 N–H and O–H groups in total. The van der Waals surface area contributed by atoms with Crippen LogP contribution in [0.25, 0.3) is 0 Å². The maximum atomic E-state index is 5.46. The maximum absolute atomic E-state index is 5.46. The molecule has 3 heterocycles. The smallest absolute Gasteiger partial charge is 0.218 e. The van der Waals surface area contributed by atoms with Gasteiger partial charge in [0.25, 0.3) is 0 Å². The van der Waals surface area contributed by atoms with E-state index in [1.807, 2.05) is 25.4 Å². The Kier molecular flexibility index (Phi) is 4.28. The Hall–Kier alpha value is -2.17. The van der Waals surface area contributed by atoms with Crippen molar-refractivity contribution >= 4 is 5.82 Å². The van der Waals surface area contributed by atoms with Crippen molar-refractivity contribution in [3.8, 4) is 5.88 Å². The average molecular weight is 284 g/mol. The van der Waals surface area contributed by atoms with Crippen LogP contribution in [-0.2, 0) is 0 Å². The second-order valence-corrected chi connectivity index (χ2v) is 5.21. The first-order valence-electron chi connectivity index (χ1n) is 7.46. The largest absolute Gasteiger partial charge is 0.478 e. The highest BCUT2D eigenvalue weighted by Crippen LogP contribution is 2.29. The third-order valence-corrected chi connectivity index (χ3v) is 3.84. The lowest BCUT2D eigenvalue weighted by atomic mass is 9.91. The molecule has 0 aliphatic carbocycles. The molecule has 1 saturated heterocycles. The minimum Gasteiger partial charge on any atom is -0.478 e. The monoisotopic (exact) mass is 284 g/mol. The summed E-state index contributed by atoms with van der Waals surface area (Å²) < 4.78 is 5.46. The van der Waals surface area contributed by atoms with Crippen LogP contribution in [0.4, 0.5) is 5.82 Å². The van der Waals surface area contributed by atoms with Gasteiger partial charge in [0.15, 0.2) is 0 Å². The third-order valence-electron chi connectivity index (χ3n) is 3.84. The summed E-state index contributed by atoms with van der Waals surface area (Å²) in [5.41, 5.74) is 1.36. The number of piperidine rings is 1. The molecule has 5 nitrogen and oxygen atoms in total. The molecule has 21 heavy (non-hydrogen) atoms. The Bertz CT molecular complexity index is 575. The summed E-state index contributed by atoms with van der Waals surface area (Å²) in [7, 11) is 0. The van der Waals surface area contributed by atoms with Crippen molar-refractivity contribution in [2.75, 3.05) is 24.6 Å². The van der Waals surface area contributed by atoms with Gasteiger partial charge in [-0.25, -0.2) is 9.97 Å². The van der Waals surface area contributed by atoms with E-state index in [1.54, 1.807) is 6.33 Å². The molecule has 1 aliphatic rings. The van der Waals surface area contributed by atoms with Gasteiger partial charge >= 0.3 is 0 Å². The molecule has 3 rings (SSSR count). The lowest BCUT2D eigenvalue weighted by Gasteiger charge is -2.33. The van der Waals surface area contributed by atoms with Gasteiger partial charge < -0.3 is 9.64 Å². The number of hydrogen-bond acceptors (Lipinski definition) is 5. The van der Waals surface area contributed by atoms with Gasteiger partial charge in [-0.15, -0.1) is 0 Å². The van der Waals surface area contributed by atoms with Crippen LogP contribution in [-0.4, -0.2) is 34.6 Å².